The van der Waals surface area contributed by atoms with E-state index in [9.17, 15) is 0 Å². The Morgan fingerprint density at radius 3 is 3.00 bits per heavy atom. The molecule has 2 unspecified atom stereocenters. The van der Waals surface area contributed by atoms with Gasteiger partial charge in [-0.25, -0.2) is 0 Å². The second-order valence-corrected chi connectivity index (χ2v) is 6.03. The van der Waals surface area contributed by atoms with Crippen LogP contribution in [0.1, 0.15) is 18.7 Å². The Balaban J connectivity index is 1.43. The zero-order chi connectivity index (χ0) is 14.1. The first-order valence-corrected chi connectivity index (χ1v) is 7.72. The van der Waals surface area contributed by atoms with Crippen LogP contribution < -0.4 is 5.32 Å². The highest BCUT2D eigenvalue weighted by molar-refractivity contribution is 5.53. The third-order valence-corrected chi connectivity index (χ3v) is 4.53. The maximum atomic E-state index is 5.41. The van der Waals surface area contributed by atoms with E-state index in [0.717, 1.165) is 37.7 Å². The Morgan fingerprint density at radius 1 is 1.24 bits per heavy atom. The first-order valence-electron chi connectivity index (χ1n) is 7.72. The summed E-state index contributed by atoms with van der Waals surface area (Å²) in [5, 5.41) is 7.71. The minimum absolute atomic E-state index is 0.648. The molecule has 2 aliphatic rings. The first kappa shape index (κ1) is 13.0. The molecule has 3 heterocycles. The van der Waals surface area contributed by atoms with E-state index in [1.165, 1.54) is 12.8 Å². The minimum Gasteiger partial charge on any atom is -0.338 e. The van der Waals surface area contributed by atoms with Crippen LogP contribution in [0, 0.1) is 5.92 Å². The third kappa shape index (κ3) is 2.71. The van der Waals surface area contributed by atoms with Crippen LogP contribution in [0.3, 0.4) is 0 Å². The molecule has 0 saturated carbocycles. The SMILES string of the molecule is c1ccc(-c2noc(CN3CC4CCCNC4C3)n2)cc1. The molecule has 0 amide bonds. The topological polar surface area (TPSA) is 54.2 Å². The number of nitrogens with one attached hydrogen (secondary N) is 1. The highest BCUT2D eigenvalue weighted by Crippen LogP contribution is 2.26. The lowest BCUT2D eigenvalue weighted by atomic mass is 9.94. The van der Waals surface area contributed by atoms with Gasteiger partial charge >= 0.3 is 0 Å². The number of fused-ring (bicyclic) bond motifs is 1. The predicted molar refractivity (Wildman–Crippen MR) is 79.5 cm³/mol. The van der Waals surface area contributed by atoms with E-state index >= 15 is 0 Å². The number of hydrogen-bond donors (Lipinski definition) is 1. The van der Waals surface area contributed by atoms with Gasteiger partial charge in [-0.3, -0.25) is 4.90 Å². The highest BCUT2D eigenvalue weighted by Gasteiger charge is 2.34. The molecule has 2 aliphatic heterocycles. The van der Waals surface area contributed by atoms with Crippen LogP contribution >= 0.6 is 0 Å². The molecule has 1 aromatic carbocycles. The van der Waals surface area contributed by atoms with E-state index in [-0.39, 0.29) is 0 Å². The van der Waals surface area contributed by atoms with Gasteiger partial charge in [-0.15, -0.1) is 0 Å². The molecule has 21 heavy (non-hydrogen) atoms. The molecule has 2 saturated heterocycles. The normalized spacial score (nSPS) is 25.9. The lowest BCUT2D eigenvalue weighted by Crippen LogP contribution is -2.40. The molecular weight excluding hydrogens is 264 g/mol. The molecule has 1 N–H and O–H groups in total. The molecule has 2 aromatic rings. The number of rotatable bonds is 3. The smallest absolute Gasteiger partial charge is 0.241 e. The average molecular weight is 284 g/mol. The van der Waals surface area contributed by atoms with Crippen molar-refractivity contribution in [2.75, 3.05) is 19.6 Å². The maximum Gasteiger partial charge on any atom is 0.241 e. The molecule has 2 atom stereocenters. The van der Waals surface area contributed by atoms with Crippen molar-refractivity contribution in [3.8, 4) is 11.4 Å². The fourth-order valence-electron chi connectivity index (χ4n) is 3.48. The van der Waals surface area contributed by atoms with Crippen molar-refractivity contribution in [1.29, 1.82) is 0 Å². The third-order valence-electron chi connectivity index (χ3n) is 4.53. The lowest BCUT2D eigenvalue weighted by molar-refractivity contribution is 0.259. The monoisotopic (exact) mass is 284 g/mol. The van der Waals surface area contributed by atoms with Crippen molar-refractivity contribution in [3.63, 3.8) is 0 Å². The van der Waals surface area contributed by atoms with Crippen molar-refractivity contribution in [1.82, 2.24) is 20.4 Å². The summed E-state index contributed by atoms with van der Waals surface area (Å²) >= 11 is 0. The maximum absolute atomic E-state index is 5.41. The van der Waals surface area contributed by atoms with Gasteiger partial charge in [0.1, 0.15) is 0 Å². The highest BCUT2D eigenvalue weighted by atomic mass is 16.5. The van der Waals surface area contributed by atoms with Gasteiger partial charge in [-0.2, -0.15) is 4.98 Å². The van der Waals surface area contributed by atoms with Gasteiger partial charge in [0, 0.05) is 24.7 Å². The lowest BCUT2D eigenvalue weighted by Gasteiger charge is -2.24. The van der Waals surface area contributed by atoms with Crippen LogP contribution in [-0.4, -0.2) is 40.7 Å². The standard InChI is InChI=1S/C16H20N4O/c1-2-5-12(6-3-1)16-18-15(21-19-16)11-20-9-13-7-4-8-17-14(13)10-20/h1-3,5-6,13-14,17H,4,7-11H2. The zero-order valence-electron chi connectivity index (χ0n) is 12.0. The Bertz CT molecular complexity index is 583. The fourth-order valence-corrected chi connectivity index (χ4v) is 3.48. The van der Waals surface area contributed by atoms with E-state index in [4.69, 9.17) is 4.52 Å². The minimum atomic E-state index is 0.648. The van der Waals surface area contributed by atoms with E-state index in [1.54, 1.807) is 0 Å². The molecule has 0 bridgehead atoms. The van der Waals surface area contributed by atoms with Crippen molar-refractivity contribution in [2.45, 2.75) is 25.4 Å². The second kappa shape index (κ2) is 5.58. The number of nitrogens with zero attached hydrogens (tertiary/aromatic N) is 3. The zero-order valence-corrected chi connectivity index (χ0v) is 12.0. The van der Waals surface area contributed by atoms with Crippen LogP contribution in [0.4, 0.5) is 0 Å². The molecular formula is C16H20N4O. The van der Waals surface area contributed by atoms with Crippen molar-refractivity contribution in [2.24, 2.45) is 5.92 Å². The van der Waals surface area contributed by atoms with E-state index in [1.807, 2.05) is 30.3 Å². The summed E-state index contributed by atoms with van der Waals surface area (Å²) in [6.07, 6.45) is 2.64. The number of likely N-dealkylation sites (tertiary alicyclic amines) is 1. The molecule has 0 aliphatic carbocycles. The van der Waals surface area contributed by atoms with Gasteiger partial charge in [-0.05, 0) is 25.3 Å². The first-order chi connectivity index (χ1) is 10.4. The Labute approximate surface area is 124 Å². The Morgan fingerprint density at radius 2 is 2.14 bits per heavy atom. The summed E-state index contributed by atoms with van der Waals surface area (Å²) in [5.41, 5.74) is 1.00. The molecule has 1 aromatic heterocycles. The molecule has 5 heteroatoms. The number of aromatic nitrogens is 2. The number of piperidine rings is 1. The Hall–Kier alpha value is -1.72. The Kier molecular flexibility index (Phi) is 3.45. The molecule has 110 valence electrons. The van der Waals surface area contributed by atoms with E-state index < -0.39 is 0 Å². The van der Waals surface area contributed by atoms with Crippen LogP contribution in [0.25, 0.3) is 11.4 Å². The van der Waals surface area contributed by atoms with Gasteiger partial charge < -0.3 is 9.84 Å². The predicted octanol–water partition coefficient (Wildman–Crippen LogP) is 1.92. The summed E-state index contributed by atoms with van der Waals surface area (Å²) in [4.78, 5) is 6.95. The largest absolute Gasteiger partial charge is 0.338 e. The van der Waals surface area contributed by atoms with Gasteiger partial charge in [0.05, 0.1) is 6.54 Å². The molecule has 4 rings (SSSR count). The van der Waals surface area contributed by atoms with Crippen LogP contribution in [0.15, 0.2) is 34.9 Å². The van der Waals surface area contributed by atoms with Crippen LogP contribution in [0.5, 0.6) is 0 Å². The van der Waals surface area contributed by atoms with Crippen molar-refractivity contribution in [3.05, 3.63) is 36.2 Å². The van der Waals surface area contributed by atoms with Crippen molar-refractivity contribution >= 4 is 0 Å². The quantitative estimate of drug-likeness (QED) is 0.933. The molecule has 5 nitrogen and oxygen atoms in total. The van der Waals surface area contributed by atoms with E-state index in [0.29, 0.717) is 17.8 Å². The second-order valence-electron chi connectivity index (χ2n) is 6.03. The molecule has 0 spiro atoms. The summed E-state index contributed by atoms with van der Waals surface area (Å²) < 4.78 is 5.41. The van der Waals surface area contributed by atoms with Gasteiger partial charge in [0.2, 0.25) is 11.7 Å². The average Bonchev–Trinajstić information content (AvgIpc) is 3.14. The summed E-state index contributed by atoms with van der Waals surface area (Å²) in [5.74, 6) is 2.18. The summed E-state index contributed by atoms with van der Waals surface area (Å²) in [6.45, 7) is 4.15. The molecule has 0 radical (unpaired) electrons. The van der Waals surface area contributed by atoms with Crippen LogP contribution in [0.2, 0.25) is 0 Å². The van der Waals surface area contributed by atoms with Gasteiger partial charge in [-0.1, -0.05) is 35.5 Å². The summed E-state index contributed by atoms with van der Waals surface area (Å²) in [7, 11) is 0. The van der Waals surface area contributed by atoms with Crippen molar-refractivity contribution < 1.29 is 4.52 Å². The number of hydrogen-bond acceptors (Lipinski definition) is 5. The fraction of sp³-hybridized carbons (Fsp3) is 0.500. The van der Waals surface area contributed by atoms with Crippen LogP contribution in [-0.2, 0) is 6.54 Å². The van der Waals surface area contributed by atoms with Gasteiger partial charge in [0.25, 0.3) is 0 Å². The molecule has 2 fully saturated rings. The van der Waals surface area contributed by atoms with E-state index in [2.05, 4.69) is 20.4 Å². The number of benzene rings is 1. The van der Waals surface area contributed by atoms with Gasteiger partial charge in [0.15, 0.2) is 0 Å². The summed E-state index contributed by atoms with van der Waals surface area (Å²) in [6, 6.07) is 10.6.